The van der Waals surface area contributed by atoms with Crippen molar-refractivity contribution in [2.24, 2.45) is 0 Å². The van der Waals surface area contributed by atoms with Crippen molar-refractivity contribution in [3.63, 3.8) is 0 Å². The van der Waals surface area contributed by atoms with Crippen LogP contribution < -0.4 is 4.74 Å². The van der Waals surface area contributed by atoms with Gasteiger partial charge in [0.15, 0.2) is 0 Å². The van der Waals surface area contributed by atoms with Gasteiger partial charge in [-0.1, -0.05) is 24.8 Å². The minimum Gasteiger partial charge on any atom is -0.616 e. The van der Waals surface area contributed by atoms with Gasteiger partial charge in [-0.3, -0.25) is 0 Å². The van der Waals surface area contributed by atoms with E-state index in [4.69, 9.17) is 4.74 Å². The van der Waals surface area contributed by atoms with Crippen molar-refractivity contribution in [3.8, 4) is 5.75 Å². The zero-order valence-corrected chi connectivity index (χ0v) is 9.46. The lowest BCUT2D eigenvalue weighted by atomic mass is 10.2. The van der Waals surface area contributed by atoms with Crippen LogP contribution in [-0.4, -0.2) is 16.9 Å². The molecule has 0 saturated carbocycles. The lowest BCUT2D eigenvalue weighted by molar-refractivity contribution is 0.363. The summed E-state index contributed by atoms with van der Waals surface area (Å²) in [7, 11) is 0. The van der Waals surface area contributed by atoms with Crippen molar-refractivity contribution in [3.05, 3.63) is 49.4 Å². The van der Waals surface area contributed by atoms with Gasteiger partial charge in [-0.15, -0.1) is 0 Å². The van der Waals surface area contributed by atoms with Crippen LogP contribution in [0.5, 0.6) is 5.75 Å². The van der Waals surface area contributed by atoms with Crippen LogP contribution in [0.15, 0.2) is 36.9 Å². The van der Waals surface area contributed by atoms with Crippen LogP contribution in [0.3, 0.4) is 0 Å². The maximum absolute atomic E-state index is 11.2. The average molecular weight is 223 g/mol. The van der Waals surface area contributed by atoms with Gasteiger partial charge in [0, 0.05) is 5.56 Å². The highest BCUT2D eigenvalue weighted by Crippen LogP contribution is 2.14. The molecule has 1 atom stereocenters. The highest BCUT2D eigenvalue weighted by molar-refractivity contribution is 7.90. The zero-order valence-electron chi connectivity index (χ0n) is 8.65. The fourth-order valence-electron chi connectivity index (χ4n) is 1.10. The number of hydrogen-bond acceptors (Lipinski definition) is 2. The zero-order chi connectivity index (χ0) is 11.1. The van der Waals surface area contributed by atoms with Gasteiger partial charge in [0.25, 0.3) is 0 Å². The fraction of sp³-hybridized carbons (Fsp3) is 0.250. The van der Waals surface area contributed by atoms with Crippen LogP contribution in [0.4, 0.5) is 0 Å². The molecule has 1 rings (SSSR count). The second kappa shape index (κ2) is 6.53. The minimum absolute atomic E-state index is 0.453. The molecule has 0 fully saturated rings. The van der Waals surface area contributed by atoms with E-state index in [-0.39, 0.29) is 0 Å². The fourth-order valence-corrected chi connectivity index (χ4v) is 1.80. The van der Waals surface area contributed by atoms with Crippen LogP contribution in [0.25, 0.3) is 0 Å². The van der Waals surface area contributed by atoms with Crippen molar-refractivity contribution in [2.75, 3.05) is 12.4 Å². The third kappa shape index (κ3) is 4.40. The van der Waals surface area contributed by atoms with Gasteiger partial charge in [0.05, 0.1) is 0 Å². The number of hydrogen-bond donors (Lipinski definition) is 0. The summed E-state index contributed by atoms with van der Waals surface area (Å²) in [6.07, 6.45) is 1.70. The van der Waals surface area contributed by atoms with Crippen LogP contribution in [0, 0.1) is 6.92 Å². The van der Waals surface area contributed by atoms with Gasteiger partial charge in [-0.25, -0.2) is 0 Å². The van der Waals surface area contributed by atoms with Crippen molar-refractivity contribution in [1.82, 2.24) is 0 Å². The lowest BCUT2D eigenvalue weighted by Crippen LogP contribution is -2.06. The maximum atomic E-state index is 11.2. The molecule has 0 amide bonds. The van der Waals surface area contributed by atoms with E-state index in [0.29, 0.717) is 18.1 Å². The normalized spacial score (nSPS) is 12.1. The average Bonchev–Trinajstić information content (AvgIpc) is 2.28. The summed E-state index contributed by atoms with van der Waals surface area (Å²) in [5, 5.41) is 0. The van der Waals surface area contributed by atoms with Crippen LogP contribution in [-0.2, 0) is 16.9 Å². The van der Waals surface area contributed by atoms with Crippen LogP contribution in [0.2, 0.25) is 0 Å². The summed E-state index contributed by atoms with van der Waals surface area (Å²) in [6.45, 7) is 7.68. The minimum atomic E-state index is -0.858. The van der Waals surface area contributed by atoms with Gasteiger partial charge in [0.1, 0.15) is 23.9 Å². The van der Waals surface area contributed by atoms with Gasteiger partial charge >= 0.3 is 0 Å². The predicted octanol–water partition coefficient (Wildman–Crippen LogP) is 2.33. The molecule has 2 nitrogen and oxygen atoms in total. The Kier molecular flexibility index (Phi) is 5.29. The van der Waals surface area contributed by atoms with Crippen LogP contribution >= 0.6 is 0 Å². The Morgan fingerprint density at radius 2 is 2.00 bits per heavy atom. The summed E-state index contributed by atoms with van der Waals surface area (Å²) in [6, 6.07) is 7.59. The Labute approximate surface area is 94.1 Å². The number of rotatable bonds is 6. The molecule has 0 heterocycles. The molecular formula is C12H15O2S. The highest BCUT2D eigenvalue weighted by atomic mass is 32.2. The highest BCUT2D eigenvalue weighted by Gasteiger charge is 2.04. The second-order valence-electron chi connectivity index (χ2n) is 3.03. The Hall–Kier alpha value is -0.930. The first-order chi connectivity index (χ1) is 7.26. The topological polar surface area (TPSA) is 32.3 Å². The second-order valence-corrected chi connectivity index (χ2v) is 4.61. The summed E-state index contributed by atoms with van der Waals surface area (Å²) < 4.78 is 16.6. The van der Waals surface area contributed by atoms with Crippen molar-refractivity contribution in [2.45, 2.75) is 5.75 Å². The molecule has 0 aliphatic carbocycles. The van der Waals surface area contributed by atoms with Crippen molar-refractivity contribution < 1.29 is 9.29 Å². The molecule has 0 spiro atoms. The van der Waals surface area contributed by atoms with E-state index in [1.807, 2.05) is 24.3 Å². The molecule has 0 saturated heterocycles. The smallest absolute Gasteiger partial charge is 0.130 e. The largest absolute Gasteiger partial charge is 0.616 e. The molecule has 3 heteroatoms. The first kappa shape index (κ1) is 12.1. The quantitative estimate of drug-likeness (QED) is 0.547. The van der Waals surface area contributed by atoms with E-state index >= 15 is 0 Å². The summed E-state index contributed by atoms with van der Waals surface area (Å²) in [5.41, 5.74) is 1.04. The predicted molar refractivity (Wildman–Crippen MR) is 64.2 cm³/mol. The Balaban J connectivity index is 2.52. The molecule has 0 aliphatic rings. The molecule has 1 aromatic rings. The standard InChI is InChI=1S/C12H15O2S/c1-3-9-14-12-7-5-11(6-8-12)10-15(13)4-2/h3,5-8H,1-2,4,9-10H2. The number of benzene rings is 1. The van der Waals surface area contributed by atoms with Gasteiger partial charge in [-0.05, 0) is 30.2 Å². The van der Waals surface area contributed by atoms with E-state index in [1.54, 1.807) is 6.08 Å². The molecule has 81 valence electrons. The molecule has 1 radical (unpaired) electrons. The first-order valence-electron chi connectivity index (χ1n) is 4.73. The van der Waals surface area contributed by atoms with Gasteiger partial charge in [-0.2, -0.15) is 0 Å². The molecule has 15 heavy (non-hydrogen) atoms. The van der Waals surface area contributed by atoms with Gasteiger partial charge in [0.2, 0.25) is 0 Å². The van der Waals surface area contributed by atoms with E-state index in [1.165, 1.54) is 0 Å². The maximum Gasteiger partial charge on any atom is 0.130 e. The Bertz CT molecular complexity index is 295. The molecular weight excluding hydrogens is 208 g/mol. The summed E-state index contributed by atoms with van der Waals surface area (Å²) >= 11 is -0.858. The molecule has 0 aliphatic heterocycles. The molecule has 0 N–H and O–H groups in total. The third-order valence-corrected chi connectivity index (χ3v) is 2.96. The van der Waals surface area contributed by atoms with E-state index in [0.717, 1.165) is 11.3 Å². The monoisotopic (exact) mass is 223 g/mol. The molecule has 1 aromatic carbocycles. The van der Waals surface area contributed by atoms with Crippen molar-refractivity contribution >= 4 is 11.2 Å². The molecule has 0 bridgehead atoms. The Morgan fingerprint density at radius 3 is 2.53 bits per heavy atom. The lowest BCUT2D eigenvalue weighted by Gasteiger charge is -2.09. The third-order valence-electron chi connectivity index (χ3n) is 1.85. The van der Waals surface area contributed by atoms with E-state index in [9.17, 15) is 4.55 Å². The summed E-state index contributed by atoms with van der Waals surface area (Å²) in [5.74, 6) is 1.82. The number of ether oxygens (including phenoxy) is 1. The van der Waals surface area contributed by atoms with Gasteiger partial charge < -0.3 is 9.29 Å². The van der Waals surface area contributed by atoms with Crippen LogP contribution in [0.1, 0.15) is 5.56 Å². The van der Waals surface area contributed by atoms with E-state index < -0.39 is 11.2 Å². The SMILES string of the molecule is [CH2]C[S+]([O-])Cc1ccc(OCC=C)cc1. The summed E-state index contributed by atoms with van der Waals surface area (Å²) in [4.78, 5) is 0. The first-order valence-corrected chi connectivity index (χ1v) is 6.22. The van der Waals surface area contributed by atoms with E-state index in [2.05, 4.69) is 13.5 Å². The molecule has 0 aromatic heterocycles. The Morgan fingerprint density at radius 1 is 1.33 bits per heavy atom. The molecule has 1 unspecified atom stereocenters. The van der Waals surface area contributed by atoms with Crippen molar-refractivity contribution in [1.29, 1.82) is 0 Å².